The predicted molar refractivity (Wildman–Crippen MR) is 101 cm³/mol. The molecular weight excluding hydrogens is 314 g/mol. The summed E-state index contributed by atoms with van der Waals surface area (Å²) in [6, 6.07) is 7.62. The van der Waals surface area contributed by atoms with Crippen LogP contribution in [0.25, 0.3) is 0 Å². The van der Waals surface area contributed by atoms with Crippen LogP contribution in [0.15, 0.2) is 42.9 Å². The van der Waals surface area contributed by atoms with Crippen LogP contribution in [0, 0.1) is 0 Å². The molecule has 2 rings (SSSR count). The van der Waals surface area contributed by atoms with Gasteiger partial charge in [-0.05, 0) is 63.3 Å². The summed E-state index contributed by atoms with van der Waals surface area (Å²) >= 11 is 0. The largest absolute Gasteiger partial charge is 0.370 e. The van der Waals surface area contributed by atoms with Crippen molar-refractivity contribution >= 4 is 11.7 Å². The number of anilines is 1. The molecule has 0 aliphatic carbocycles. The molecule has 2 aromatic rings. The number of aromatic nitrogens is 2. The Morgan fingerprint density at radius 2 is 1.84 bits per heavy atom. The topological polar surface area (TPSA) is 61.4 Å². The van der Waals surface area contributed by atoms with E-state index in [1.807, 2.05) is 31.3 Å². The lowest BCUT2D eigenvalue weighted by atomic mass is 10.2. The number of carbonyl (C=O) groups is 1. The number of likely N-dealkylation sites (N-methyl/N-ethyl adjacent to an activating group) is 1. The molecule has 0 aromatic carbocycles. The average molecular weight is 341 g/mol. The van der Waals surface area contributed by atoms with Gasteiger partial charge < -0.3 is 15.1 Å². The molecule has 6 nitrogen and oxygen atoms in total. The van der Waals surface area contributed by atoms with Crippen LogP contribution in [-0.4, -0.2) is 66.5 Å². The fourth-order valence-corrected chi connectivity index (χ4v) is 2.40. The van der Waals surface area contributed by atoms with Gasteiger partial charge in [0.2, 0.25) is 0 Å². The zero-order chi connectivity index (χ0) is 18.1. The molecule has 2 aromatic heterocycles. The number of hydrogen-bond acceptors (Lipinski definition) is 5. The lowest BCUT2D eigenvalue weighted by Gasteiger charge is -2.17. The van der Waals surface area contributed by atoms with Crippen molar-refractivity contribution in [1.29, 1.82) is 0 Å². The molecule has 0 spiro atoms. The molecule has 0 bridgehead atoms. The molecule has 0 radical (unpaired) electrons. The van der Waals surface area contributed by atoms with Crippen LogP contribution < -0.4 is 5.32 Å². The van der Waals surface area contributed by atoms with Gasteiger partial charge in [-0.2, -0.15) is 0 Å². The Hall–Kier alpha value is -2.47. The molecule has 6 heteroatoms. The second-order valence-electron chi connectivity index (χ2n) is 6.35. The Morgan fingerprint density at radius 1 is 1.08 bits per heavy atom. The lowest BCUT2D eigenvalue weighted by Crippen LogP contribution is -2.29. The maximum absolute atomic E-state index is 12.5. The molecule has 25 heavy (non-hydrogen) atoms. The van der Waals surface area contributed by atoms with Crippen LogP contribution in [0.3, 0.4) is 0 Å². The normalized spacial score (nSPS) is 10.7. The summed E-state index contributed by atoms with van der Waals surface area (Å²) in [5, 5.41) is 3.27. The van der Waals surface area contributed by atoms with Gasteiger partial charge in [-0.1, -0.05) is 0 Å². The quantitative estimate of drug-likeness (QED) is 0.708. The highest BCUT2D eigenvalue weighted by Crippen LogP contribution is 2.08. The number of nitrogens with one attached hydrogen (secondary N) is 1. The Bertz CT molecular complexity index is 643. The minimum atomic E-state index is -0.0132. The van der Waals surface area contributed by atoms with Crippen LogP contribution in [0.2, 0.25) is 0 Å². The molecule has 0 aliphatic rings. The molecular formula is C19H27N5O. The van der Waals surface area contributed by atoms with Crippen molar-refractivity contribution in [2.45, 2.75) is 12.8 Å². The van der Waals surface area contributed by atoms with Crippen LogP contribution in [0.4, 0.5) is 5.82 Å². The van der Waals surface area contributed by atoms with E-state index in [0.29, 0.717) is 12.1 Å². The summed E-state index contributed by atoms with van der Waals surface area (Å²) in [6.45, 7) is 2.56. The SMILES string of the molecule is CN(C)CCCNc1ccc(C(=O)N(C)CCc2ccncc2)cn1. The fraction of sp³-hybridized carbons (Fsp3) is 0.421. The fourth-order valence-electron chi connectivity index (χ4n) is 2.40. The van der Waals surface area contributed by atoms with E-state index in [0.717, 1.165) is 31.7 Å². The summed E-state index contributed by atoms with van der Waals surface area (Å²) in [5.41, 5.74) is 1.78. The van der Waals surface area contributed by atoms with Crippen LogP contribution >= 0.6 is 0 Å². The zero-order valence-corrected chi connectivity index (χ0v) is 15.3. The molecule has 1 N–H and O–H groups in total. The van der Waals surface area contributed by atoms with E-state index in [2.05, 4.69) is 34.3 Å². The summed E-state index contributed by atoms with van der Waals surface area (Å²) in [6.07, 6.45) is 7.03. The van der Waals surface area contributed by atoms with Gasteiger partial charge in [0.25, 0.3) is 5.91 Å². The second kappa shape index (κ2) is 9.74. The molecule has 134 valence electrons. The molecule has 0 saturated carbocycles. The number of nitrogens with zero attached hydrogens (tertiary/aromatic N) is 4. The Morgan fingerprint density at radius 3 is 2.48 bits per heavy atom. The number of hydrogen-bond donors (Lipinski definition) is 1. The first-order valence-electron chi connectivity index (χ1n) is 8.55. The van der Waals surface area contributed by atoms with E-state index in [-0.39, 0.29) is 5.91 Å². The Balaban J connectivity index is 1.80. The number of pyridine rings is 2. The highest BCUT2D eigenvalue weighted by atomic mass is 16.2. The van der Waals surface area contributed by atoms with Crippen LogP contribution in [-0.2, 0) is 6.42 Å². The zero-order valence-electron chi connectivity index (χ0n) is 15.3. The first-order valence-corrected chi connectivity index (χ1v) is 8.55. The van der Waals surface area contributed by atoms with Gasteiger partial charge in [-0.25, -0.2) is 4.98 Å². The maximum atomic E-state index is 12.5. The van der Waals surface area contributed by atoms with Crippen molar-refractivity contribution in [2.75, 3.05) is 46.1 Å². The minimum Gasteiger partial charge on any atom is -0.370 e. The van der Waals surface area contributed by atoms with E-state index in [9.17, 15) is 4.79 Å². The van der Waals surface area contributed by atoms with Crippen molar-refractivity contribution in [2.24, 2.45) is 0 Å². The van der Waals surface area contributed by atoms with Crippen molar-refractivity contribution < 1.29 is 4.79 Å². The number of amides is 1. The predicted octanol–water partition coefficient (Wildman–Crippen LogP) is 2.15. The van der Waals surface area contributed by atoms with E-state index in [4.69, 9.17) is 0 Å². The second-order valence-corrected chi connectivity index (χ2v) is 6.35. The third-order valence-electron chi connectivity index (χ3n) is 3.93. The minimum absolute atomic E-state index is 0.0132. The van der Waals surface area contributed by atoms with Crippen LogP contribution in [0.1, 0.15) is 22.3 Å². The standard InChI is InChI=1S/C19H27N5O/c1-23(2)13-4-10-21-18-6-5-17(15-22-18)19(25)24(3)14-9-16-7-11-20-12-8-16/h5-8,11-12,15H,4,9-10,13-14H2,1-3H3,(H,21,22). The molecule has 0 saturated heterocycles. The van der Waals surface area contributed by atoms with Crippen molar-refractivity contribution in [3.8, 4) is 0 Å². The molecule has 0 atom stereocenters. The smallest absolute Gasteiger partial charge is 0.255 e. The average Bonchev–Trinajstić information content (AvgIpc) is 2.64. The highest BCUT2D eigenvalue weighted by Gasteiger charge is 2.12. The summed E-state index contributed by atoms with van der Waals surface area (Å²) in [5.74, 6) is 0.787. The van der Waals surface area contributed by atoms with Crippen molar-refractivity contribution in [1.82, 2.24) is 19.8 Å². The van der Waals surface area contributed by atoms with Gasteiger partial charge >= 0.3 is 0 Å². The number of carbonyl (C=O) groups excluding carboxylic acids is 1. The number of rotatable bonds is 9. The van der Waals surface area contributed by atoms with Gasteiger partial charge in [0.15, 0.2) is 0 Å². The van der Waals surface area contributed by atoms with E-state index in [1.165, 1.54) is 5.56 Å². The first kappa shape index (κ1) is 18.9. The van der Waals surface area contributed by atoms with Gasteiger partial charge in [-0.15, -0.1) is 0 Å². The Kier molecular flexibility index (Phi) is 7.35. The highest BCUT2D eigenvalue weighted by molar-refractivity contribution is 5.93. The van der Waals surface area contributed by atoms with Gasteiger partial charge in [0.05, 0.1) is 5.56 Å². The van der Waals surface area contributed by atoms with Crippen LogP contribution in [0.5, 0.6) is 0 Å². The monoisotopic (exact) mass is 341 g/mol. The summed E-state index contributed by atoms with van der Waals surface area (Å²) < 4.78 is 0. The molecule has 0 fully saturated rings. The van der Waals surface area contributed by atoms with Crippen molar-refractivity contribution in [3.63, 3.8) is 0 Å². The maximum Gasteiger partial charge on any atom is 0.255 e. The van der Waals surface area contributed by atoms with E-state index < -0.39 is 0 Å². The lowest BCUT2D eigenvalue weighted by molar-refractivity contribution is 0.0796. The van der Waals surface area contributed by atoms with Gasteiger partial charge in [0, 0.05) is 38.7 Å². The molecule has 2 heterocycles. The van der Waals surface area contributed by atoms with Gasteiger partial charge in [0.1, 0.15) is 5.82 Å². The molecule has 0 aliphatic heterocycles. The van der Waals surface area contributed by atoms with Gasteiger partial charge in [-0.3, -0.25) is 9.78 Å². The first-order chi connectivity index (χ1) is 12.1. The summed E-state index contributed by atoms with van der Waals surface area (Å²) in [4.78, 5) is 24.7. The van der Waals surface area contributed by atoms with E-state index in [1.54, 1.807) is 23.5 Å². The molecule has 0 unspecified atom stereocenters. The van der Waals surface area contributed by atoms with Crippen molar-refractivity contribution in [3.05, 3.63) is 54.0 Å². The Labute approximate surface area is 149 Å². The summed E-state index contributed by atoms with van der Waals surface area (Å²) in [7, 11) is 5.94. The third kappa shape index (κ3) is 6.51. The third-order valence-corrected chi connectivity index (χ3v) is 3.93. The molecule has 1 amide bonds. The van der Waals surface area contributed by atoms with E-state index >= 15 is 0 Å².